The largest absolute Gasteiger partial charge is 0.494 e. The molecular weight excluding hydrogens is 226 g/mol. The monoisotopic (exact) mass is 243 g/mol. The van der Waals surface area contributed by atoms with E-state index in [9.17, 15) is 0 Å². The van der Waals surface area contributed by atoms with Gasteiger partial charge in [0.2, 0.25) is 0 Å². The Morgan fingerprint density at radius 3 is 2.44 bits per heavy atom. The smallest absolute Gasteiger partial charge is 0.119 e. The van der Waals surface area contributed by atoms with Gasteiger partial charge in [-0.3, -0.25) is 9.97 Å². The van der Waals surface area contributed by atoms with E-state index in [4.69, 9.17) is 10.5 Å². The fraction of sp³-hybridized carbons (Fsp3) is 0.286. The van der Waals surface area contributed by atoms with Crippen LogP contribution in [0.25, 0.3) is 0 Å². The van der Waals surface area contributed by atoms with Crippen molar-refractivity contribution < 1.29 is 4.74 Å². The van der Waals surface area contributed by atoms with Crippen molar-refractivity contribution in [2.75, 3.05) is 6.61 Å². The van der Waals surface area contributed by atoms with E-state index in [1.54, 1.807) is 12.4 Å². The van der Waals surface area contributed by atoms with Crippen molar-refractivity contribution in [3.05, 3.63) is 53.6 Å². The van der Waals surface area contributed by atoms with E-state index < -0.39 is 0 Å². The third-order valence-electron chi connectivity index (χ3n) is 2.67. The molecule has 1 heterocycles. The third-order valence-corrected chi connectivity index (χ3v) is 2.67. The van der Waals surface area contributed by atoms with Gasteiger partial charge in [0.1, 0.15) is 5.75 Å². The van der Waals surface area contributed by atoms with Crippen LogP contribution in [0.3, 0.4) is 0 Å². The highest BCUT2D eigenvalue weighted by atomic mass is 16.5. The summed E-state index contributed by atoms with van der Waals surface area (Å²) in [5.41, 5.74) is 8.80. The van der Waals surface area contributed by atoms with Crippen molar-refractivity contribution in [3.63, 3.8) is 0 Å². The van der Waals surface area contributed by atoms with E-state index in [0.29, 0.717) is 6.61 Å². The van der Waals surface area contributed by atoms with Crippen LogP contribution >= 0.6 is 0 Å². The van der Waals surface area contributed by atoms with E-state index >= 15 is 0 Å². The molecule has 2 aromatic rings. The standard InChI is InChI=1S/C14H17N3O/c1-3-18-12-6-4-11(5-7-12)14(15)13-9-16-10(2)8-17-13/h4-9,14H,3,15H2,1-2H3. The third kappa shape index (κ3) is 2.84. The molecule has 1 atom stereocenters. The average Bonchev–Trinajstić information content (AvgIpc) is 2.40. The Hall–Kier alpha value is -1.94. The molecule has 2 rings (SSSR count). The van der Waals surface area contributed by atoms with Crippen LogP contribution in [0.1, 0.15) is 29.9 Å². The minimum absolute atomic E-state index is 0.256. The molecule has 0 bridgehead atoms. The summed E-state index contributed by atoms with van der Waals surface area (Å²) in [5.74, 6) is 0.850. The van der Waals surface area contributed by atoms with Crippen LogP contribution in [0.2, 0.25) is 0 Å². The first-order valence-corrected chi connectivity index (χ1v) is 5.97. The topological polar surface area (TPSA) is 61.0 Å². The molecular formula is C14H17N3O. The quantitative estimate of drug-likeness (QED) is 0.894. The Kier molecular flexibility index (Phi) is 3.89. The summed E-state index contributed by atoms with van der Waals surface area (Å²) in [4.78, 5) is 8.50. The molecule has 0 aliphatic carbocycles. The number of hydrogen-bond donors (Lipinski definition) is 1. The zero-order valence-corrected chi connectivity index (χ0v) is 10.6. The highest BCUT2D eigenvalue weighted by Crippen LogP contribution is 2.20. The molecule has 4 nitrogen and oxygen atoms in total. The molecule has 1 aromatic carbocycles. The number of hydrogen-bond acceptors (Lipinski definition) is 4. The summed E-state index contributed by atoms with van der Waals surface area (Å²) in [5, 5.41) is 0. The second-order valence-corrected chi connectivity index (χ2v) is 4.06. The molecule has 94 valence electrons. The van der Waals surface area contributed by atoms with Gasteiger partial charge < -0.3 is 10.5 Å². The Morgan fingerprint density at radius 2 is 1.89 bits per heavy atom. The van der Waals surface area contributed by atoms with E-state index in [-0.39, 0.29) is 6.04 Å². The number of nitrogens with two attached hydrogens (primary N) is 1. The van der Waals surface area contributed by atoms with Gasteiger partial charge in [-0.25, -0.2) is 0 Å². The van der Waals surface area contributed by atoms with E-state index in [0.717, 1.165) is 22.7 Å². The van der Waals surface area contributed by atoms with Crippen molar-refractivity contribution in [2.45, 2.75) is 19.9 Å². The number of ether oxygens (including phenoxy) is 1. The van der Waals surface area contributed by atoms with Crippen LogP contribution in [0.4, 0.5) is 0 Å². The Balaban J connectivity index is 2.17. The van der Waals surface area contributed by atoms with Crippen LogP contribution < -0.4 is 10.5 Å². The zero-order valence-electron chi connectivity index (χ0n) is 10.6. The van der Waals surface area contributed by atoms with Crippen LogP contribution in [0.15, 0.2) is 36.7 Å². The highest BCUT2D eigenvalue weighted by Gasteiger charge is 2.10. The number of aromatic nitrogens is 2. The van der Waals surface area contributed by atoms with Gasteiger partial charge in [-0.05, 0) is 31.5 Å². The normalized spacial score (nSPS) is 12.2. The zero-order chi connectivity index (χ0) is 13.0. The van der Waals surface area contributed by atoms with Crippen molar-refractivity contribution in [2.24, 2.45) is 5.73 Å². The molecule has 2 N–H and O–H groups in total. The van der Waals surface area contributed by atoms with Crippen molar-refractivity contribution in [3.8, 4) is 5.75 Å². The molecule has 0 aliphatic heterocycles. The SMILES string of the molecule is CCOc1ccc(C(N)c2cnc(C)cn2)cc1. The maximum atomic E-state index is 6.15. The first-order valence-electron chi connectivity index (χ1n) is 5.97. The lowest BCUT2D eigenvalue weighted by Crippen LogP contribution is -2.14. The van der Waals surface area contributed by atoms with Gasteiger partial charge in [-0.15, -0.1) is 0 Å². The van der Waals surface area contributed by atoms with Gasteiger partial charge in [0, 0.05) is 6.20 Å². The summed E-state index contributed by atoms with van der Waals surface area (Å²) >= 11 is 0. The molecule has 0 amide bonds. The molecule has 0 fully saturated rings. The molecule has 18 heavy (non-hydrogen) atoms. The maximum Gasteiger partial charge on any atom is 0.119 e. The Bertz CT molecular complexity index is 493. The van der Waals surface area contributed by atoms with Crippen molar-refractivity contribution in [1.82, 2.24) is 9.97 Å². The second kappa shape index (κ2) is 5.60. The van der Waals surface area contributed by atoms with E-state index in [1.807, 2.05) is 38.1 Å². The summed E-state index contributed by atoms with van der Waals surface area (Å²) in [6.07, 6.45) is 3.44. The number of rotatable bonds is 4. The lowest BCUT2D eigenvalue weighted by molar-refractivity contribution is 0.340. The molecule has 1 unspecified atom stereocenters. The predicted molar refractivity (Wildman–Crippen MR) is 70.4 cm³/mol. The fourth-order valence-corrected chi connectivity index (χ4v) is 1.67. The number of aryl methyl sites for hydroxylation is 1. The molecule has 0 aliphatic rings. The molecule has 0 saturated heterocycles. The van der Waals surface area contributed by atoms with E-state index in [1.165, 1.54) is 0 Å². The maximum absolute atomic E-state index is 6.15. The first kappa shape index (κ1) is 12.5. The van der Waals surface area contributed by atoms with Gasteiger partial charge in [0.25, 0.3) is 0 Å². The minimum Gasteiger partial charge on any atom is -0.494 e. The highest BCUT2D eigenvalue weighted by molar-refractivity contribution is 5.32. The summed E-state index contributed by atoms with van der Waals surface area (Å²) in [6, 6.07) is 7.49. The molecule has 0 saturated carbocycles. The molecule has 1 aromatic heterocycles. The molecule has 0 radical (unpaired) electrons. The van der Waals surface area contributed by atoms with Gasteiger partial charge in [-0.2, -0.15) is 0 Å². The molecule has 4 heteroatoms. The van der Waals surface area contributed by atoms with Gasteiger partial charge in [-0.1, -0.05) is 12.1 Å². The van der Waals surface area contributed by atoms with Crippen LogP contribution in [0, 0.1) is 6.92 Å². The van der Waals surface area contributed by atoms with Crippen LogP contribution in [-0.2, 0) is 0 Å². The summed E-state index contributed by atoms with van der Waals surface area (Å²) < 4.78 is 5.39. The average molecular weight is 243 g/mol. The minimum atomic E-state index is -0.256. The number of nitrogens with zero attached hydrogens (tertiary/aromatic N) is 2. The van der Waals surface area contributed by atoms with E-state index in [2.05, 4.69) is 9.97 Å². The predicted octanol–water partition coefficient (Wildman–Crippen LogP) is 2.23. The van der Waals surface area contributed by atoms with Crippen molar-refractivity contribution >= 4 is 0 Å². The Morgan fingerprint density at radius 1 is 1.17 bits per heavy atom. The lowest BCUT2D eigenvalue weighted by atomic mass is 10.1. The first-order chi connectivity index (χ1) is 8.70. The van der Waals surface area contributed by atoms with Gasteiger partial charge >= 0.3 is 0 Å². The van der Waals surface area contributed by atoms with Gasteiger partial charge in [0.15, 0.2) is 0 Å². The fourth-order valence-electron chi connectivity index (χ4n) is 1.67. The van der Waals surface area contributed by atoms with Crippen LogP contribution in [0.5, 0.6) is 5.75 Å². The molecule has 0 spiro atoms. The summed E-state index contributed by atoms with van der Waals surface area (Å²) in [6.45, 7) is 4.52. The Labute approximate surface area is 107 Å². The lowest BCUT2D eigenvalue weighted by Gasteiger charge is -2.12. The van der Waals surface area contributed by atoms with Crippen LogP contribution in [-0.4, -0.2) is 16.6 Å². The van der Waals surface area contributed by atoms with Gasteiger partial charge in [0.05, 0.1) is 30.2 Å². The number of benzene rings is 1. The summed E-state index contributed by atoms with van der Waals surface area (Å²) in [7, 11) is 0. The second-order valence-electron chi connectivity index (χ2n) is 4.06. The van der Waals surface area contributed by atoms with Crippen molar-refractivity contribution in [1.29, 1.82) is 0 Å².